The largest absolute Gasteiger partial charge is 0.508 e. The predicted octanol–water partition coefficient (Wildman–Crippen LogP) is 1.27. The van der Waals surface area contributed by atoms with Crippen LogP contribution in [0.3, 0.4) is 0 Å². The fraction of sp³-hybridized carbons (Fsp3) is 0.362. The van der Waals surface area contributed by atoms with Crippen LogP contribution in [0.15, 0.2) is 81.2 Å². The number of aromatic hydroxyl groups is 1. The molecule has 0 spiro atoms. The van der Waals surface area contributed by atoms with E-state index in [0.29, 0.717) is 118 Å². The van der Waals surface area contributed by atoms with Crippen LogP contribution in [0.1, 0.15) is 41.0 Å². The van der Waals surface area contributed by atoms with E-state index < -0.39 is 5.97 Å². The SMILES string of the molecule is NCCCCc1cn(CC(=O)N2CCN(c3nc(Nc4ccc(-c5c6ccc(=O)cc-6oc6cc(O)ccc56)c(C(=O)O)c4)nc(N4CCN(C(=O)Cn5cc(CCCN=C(N)N)nn5)CC4)n3)CC2)nn1. The molecule has 2 amide bonds. The number of unbranched alkanes of at least 4 members (excludes halogenated alkanes) is 1. The van der Waals surface area contributed by atoms with E-state index >= 15 is 0 Å². The zero-order chi connectivity index (χ0) is 50.3. The normalized spacial score (nSPS) is 14.0. The van der Waals surface area contributed by atoms with Crippen molar-refractivity contribution >= 4 is 58.2 Å². The second-order valence-electron chi connectivity index (χ2n) is 17.5. The van der Waals surface area contributed by atoms with Crippen LogP contribution in [-0.2, 0) is 35.5 Å². The Morgan fingerprint density at radius 3 is 1.93 bits per heavy atom. The quantitative estimate of drug-likeness (QED) is 0.0305. The zero-order valence-corrected chi connectivity index (χ0v) is 39.3. The van der Waals surface area contributed by atoms with Gasteiger partial charge in [0.1, 0.15) is 30.2 Å². The van der Waals surface area contributed by atoms with Crippen LogP contribution < -0.4 is 37.7 Å². The van der Waals surface area contributed by atoms with Crippen molar-refractivity contribution in [2.75, 3.05) is 80.6 Å². The maximum absolute atomic E-state index is 13.5. The van der Waals surface area contributed by atoms with Crippen LogP contribution in [-0.4, -0.2) is 154 Å². The third kappa shape index (κ3) is 11.3. The predicted molar refractivity (Wildman–Crippen MR) is 265 cm³/mol. The molecule has 9 rings (SSSR count). The lowest BCUT2D eigenvalue weighted by atomic mass is 9.90. The van der Waals surface area contributed by atoms with Gasteiger partial charge in [-0.3, -0.25) is 19.4 Å². The van der Waals surface area contributed by atoms with Gasteiger partial charge in [0.05, 0.1) is 17.0 Å². The minimum absolute atomic E-state index is 0.0162. The van der Waals surface area contributed by atoms with Gasteiger partial charge in [0.15, 0.2) is 11.4 Å². The summed E-state index contributed by atoms with van der Waals surface area (Å²) in [7, 11) is 0. The lowest BCUT2D eigenvalue weighted by Crippen LogP contribution is -2.51. The van der Waals surface area contributed by atoms with Crippen LogP contribution in [0.4, 0.5) is 23.5 Å². The molecular formula is C47H54N18O7. The number of aromatic carboxylic acids is 1. The Kier molecular flexibility index (Phi) is 14.4. The molecule has 4 aliphatic rings. The molecule has 25 nitrogen and oxygen atoms in total. The molecule has 6 heterocycles. The van der Waals surface area contributed by atoms with Crippen LogP contribution in [0.5, 0.6) is 5.75 Å². The second-order valence-corrected chi connectivity index (χ2v) is 17.5. The number of aromatic nitrogens is 9. The Morgan fingerprint density at radius 2 is 1.33 bits per heavy atom. The molecule has 2 saturated heterocycles. The number of hydrogen-bond donors (Lipinski definition) is 6. The van der Waals surface area contributed by atoms with E-state index in [1.165, 1.54) is 35.0 Å². The van der Waals surface area contributed by atoms with Crippen molar-refractivity contribution in [2.24, 2.45) is 22.2 Å². The van der Waals surface area contributed by atoms with Gasteiger partial charge >= 0.3 is 5.97 Å². The van der Waals surface area contributed by atoms with Crippen molar-refractivity contribution in [1.29, 1.82) is 0 Å². The highest BCUT2D eigenvalue weighted by molar-refractivity contribution is 6.08. The maximum Gasteiger partial charge on any atom is 0.336 e. The van der Waals surface area contributed by atoms with E-state index in [-0.39, 0.29) is 64.9 Å². The van der Waals surface area contributed by atoms with Gasteiger partial charge in [0.25, 0.3) is 0 Å². The number of nitrogens with two attached hydrogens (primary N) is 3. The first-order chi connectivity index (χ1) is 34.9. The summed E-state index contributed by atoms with van der Waals surface area (Å²) in [6.07, 6.45) is 7.33. The van der Waals surface area contributed by atoms with E-state index in [0.717, 1.165) is 30.7 Å². The van der Waals surface area contributed by atoms with Crippen molar-refractivity contribution in [3.8, 4) is 28.2 Å². The molecule has 72 heavy (non-hydrogen) atoms. The number of aryl methyl sites for hydroxylation is 2. The summed E-state index contributed by atoms with van der Waals surface area (Å²) in [5.74, 6) is -0.432. The Hall–Kier alpha value is -8.74. The van der Waals surface area contributed by atoms with Crippen molar-refractivity contribution in [3.05, 3.63) is 94.2 Å². The number of carboxylic acid groups (broad SMARTS) is 1. The number of nitrogens with zero attached hydrogens (tertiary/aromatic N) is 14. The standard InChI is InChI=1S/C47H54N18O7/c48-12-2-1-4-30-25-64(58-56-30)27-40(68)60-14-18-62(19-15-60)46-53-45(54-47(55-46)63-20-16-61(17-21-63)41(69)28-65-26-31(57-59-65)5-3-13-51-44(49)50)52-29-6-9-34(37(22-29)43(70)71)42-35-10-7-32(66)23-38(35)72-39-24-33(67)8-11-36(39)42/h6-11,22-26,66H,1-5,12-21,27-28,48H2,(H,70,71)(H4,49,50,51)(H,52,53,54,55). The molecule has 0 unspecified atom stereocenters. The number of phenols is 1. The van der Waals surface area contributed by atoms with Crippen LogP contribution in [0, 0.1) is 0 Å². The van der Waals surface area contributed by atoms with Crippen molar-refractivity contribution in [2.45, 2.75) is 45.2 Å². The number of carbonyl (C=O) groups is 3. The van der Waals surface area contributed by atoms with Gasteiger partial charge < -0.3 is 56.7 Å². The second kappa shape index (κ2) is 21.5. The molecule has 3 aromatic heterocycles. The lowest BCUT2D eigenvalue weighted by molar-refractivity contribution is -0.133. The van der Waals surface area contributed by atoms with Crippen molar-refractivity contribution in [3.63, 3.8) is 0 Å². The number of nitrogens with one attached hydrogen (secondary N) is 1. The Balaban J connectivity index is 0.945. The first-order valence-electron chi connectivity index (χ1n) is 23.6. The molecular weight excluding hydrogens is 929 g/mol. The van der Waals surface area contributed by atoms with Gasteiger partial charge in [-0.15, -0.1) is 10.2 Å². The molecule has 1 aliphatic carbocycles. The van der Waals surface area contributed by atoms with Gasteiger partial charge in [0, 0.05) is 106 Å². The van der Waals surface area contributed by atoms with Crippen LogP contribution in [0.2, 0.25) is 0 Å². The molecule has 0 bridgehead atoms. The summed E-state index contributed by atoms with van der Waals surface area (Å²) in [5.41, 5.74) is 19.6. The van der Waals surface area contributed by atoms with E-state index in [1.807, 2.05) is 9.80 Å². The van der Waals surface area contributed by atoms with Crippen LogP contribution in [0.25, 0.3) is 33.4 Å². The third-order valence-corrected chi connectivity index (χ3v) is 12.4. The summed E-state index contributed by atoms with van der Waals surface area (Å²) in [6.45, 7) is 4.28. The maximum atomic E-state index is 13.5. The average Bonchev–Trinajstić information content (AvgIpc) is 4.03. The molecule has 9 N–H and O–H groups in total. The van der Waals surface area contributed by atoms with E-state index in [1.54, 1.807) is 51.1 Å². The number of hydrogen-bond acceptors (Lipinski definition) is 18. The van der Waals surface area contributed by atoms with Gasteiger partial charge in [0.2, 0.25) is 29.7 Å². The van der Waals surface area contributed by atoms with Gasteiger partial charge in [-0.05, 0) is 80.6 Å². The molecule has 0 radical (unpaired) electrons. The Labute approximate surface area is 411 Å². The molecule has 25 heteroatoms. The summed E-state index contributed by atoms with van der Waals surface area (Å²) < 4.78 is 9.07. The fourth-order valence-electron chi connectivity index (χ4n) is 8.76. The highest BCUT2D eigenvalue weighted by atomic mass is 16.4. The highest BCUT2D eigenvalue weighted by Gasteiger charge is 2.29. The number of guanidine groups is 1. The topological polar surface area (TPSA) is 337 Å². The molecule has 374 valence electrons. The number of rotatable bonds is 18. The molecule has 2 fully saturated rings. The third-order valence-electron chi connectivity index (χ3n) is 12.4. The molecule has 0 saturated carbocycles. The minimum atomic E-state index is -1.22. The molecule has 2 aromatic carbocycles. The number of fused-ring (bicyclic) bond motifs is 2. The average molecular weight is 983 g/mol. The first-order valence-corrected chi connectivity index (χ1v) is 23.6. The van der Waals surface area contributed by atoms with E-state index in [4.69, 9.17) is 36.6 Å². The fourth-order valence-corrected chi connectivity index (χ4v) is 8.76. The van der Waals surface area contributed by atoms with Gasteiger partial charge in [-0.1, -0.05) is 16.5 Å². The van der Waals surface area contributed by atoms with Gasteiger partial charge in [-0.25, -0.2) is 14.2 Å². The van der Waals surface area contributed by atoms with E-state index in [9.17, 15) is 29.4 Å². The summed E-state index contributed by atoms with van der Waals surface area (Å²) >= 11 is 0. The van der Waals surface area contributed by atoms with Gasteiger partial charge in [-0.2, -0.15) is 15.0 Å². The summed E-state index contributed by atoms with van der Waals surface area (Å²) in [6, 6.07) is 13.7. The number of aliphatic imine (C=N–C) groups is 1. The summed E-state index contributed by atoms with van der Waals surface area (Å²) in [5, 5.41) is 41.4. The lowest BCUT2D eigenvalue weighted by Gasteiger charge is -2.36. The van der Waals surface area contributed by atoms with E-state index in [2.05, 4.69) is 30.9 Å². The highest BCUT2D eigenvalue weighted by Crippen LogP contribution is 2.42. The summed E-state index contributed by atoms with van der Waals surface area (Å²) in [4.78, 5) is 78.3. The molecule has 5 aromatic rings. The number of carboxylic acids is 1. The zero-order valence-electron chi connectivity index (χ0n) is 39.3. The van der Waals surface area contributed by atoms with Crippen molar-refractivity contribution in [1.82, 2.24) is 54.7 Å². The number of anilines is 4. The minimum Gasteiger partial charge on any atom is -0.508 e. The Morgan fingerprint density at radius 1 is 0.722 bits per heavy atom. The number of benzene rings is 3. The molecule has 0 atom stereocenters. The number of amides is 2. The number of piperazine rings is 2. The number of phenolic OH excluding ortho intramolecular Hbond substituents is 1. The van der Waals surface area contributed by atoms with Crippen LogP contribution >= 0.6 is 0 Å². The monoisotopic (exact) mass is 982 g/mol. The Bertz CT molecular complexity index is 3150. The first kappa shape index (κ1) is 48.3. The number of carbonyl (C=O) groups excluding carboxylic acids is 2. The smallest absolute Gasteiger partial charge is 0.336 e. The molecule has 3 aliphatic heterocycles. The van der Waals surface area contributed by atoms with Crippen molar-refractivity contribution < 1.29 is 29.0 Å².